The normalized spacial score (nSPS) is 10.8. The highest BCUT2D eigenvalue weighted by atomic mass is 79.9. The van der Waals surface area contributed by atoms with E-state index in [0.717, 1.165) is 15.2 Å². The Kier molecular flexibility index (Phi) is 8.37. The number of nitrogens with zero attached hydrogens (tertiary/aromatic N) is 1. The summed E-state index contributed by atoms with van der Waals surface area (Å²) in [5.74, 6) is 0.821. The summed E-state index contributed by atoms with van der Waals surface area (Å²) in [6.45, 7) is -0.210. The van der Waals surface area contributed by atoms with Crippen molar-refractivity contribution in [3.05, 3.63) is 94.5 Å². The molecule has 0 aromatic heterocycles. The van der Waals surface area contributed by atoms with E-state index in [2.05, 4.69) is 26.5 Å². The molecule has 37 heavy (non-hydrogen) atoms. The lowest BCUT2D eigenvalue weighted by molar-refractivity contribution is -0.123. The Balaban J connectivity index is 1.33. The number of esters is 1. The maximum Gasteiger partial charge on any atom is 0.343 e. The van der Waals surface area contributed by atoms with Gasteiger partial charge in [-0.25, -0.2) is 10.2 Å². The smallest absolute Gasteiger partial charge is 0.343 e. The van der Waals surface area contributed by atoms with Crippen LogP contribution in [-0.2, 0) is 4.79 Å². The molecule has 0 saturated carbocycles. The van der Waals surface area contributed by atoms with Crippen LogP contribution in [0.1, 0.15) is 15.9 Å². The molecular weight excluding hydrogens is 540 g/mol. The largest absolute Gasteiger partial charge is 0.497 e. The molecule has 0 aliphatic rings. The van der Waals surface area contributed by atoms with Gasteiger partial charge in [0, 0.05) is 0 Å². The Morgan fingerprint density at radius 1 is 0.892 bits per heavy atom. The summed E-state index contributed by atoms with van der Waals surface area (Å²) in [6, 6.07) is 23.1. The van der Waals surface area contributed by atoms with Gasteiger partial charge in [-0.1, -0.05) is 30.3 Å². The molecule has 4 aromatic rings. The van der Waals surface area contributed by atoms with Gasteiger partial charge < -0.3 is 18.9 Å². The van der Waals surface area contributed by atoms with E-state index in [-0.39, 0.29) is 12.4 Å². The van der Waals surface area contributed by atoms with Crippen LogP contribution >= 0.6 is 15.9 Å². The number of hydrogen-bond acceptors (Lipinski definition) is 7. The van der Waals surface area contributed by atoms with Crippen LogP contribution in [0, 0.1) is 0 Å². The van der Waals surface area contributed by atoms with E-state index in [9.17, 15) is 9.59 Å². The van der Waals surface area contributed by atoms with Crippen LogP contribution in [0.25, 0.3) is 10.8 Å². The number of carbonyl (C=O) groups excluding carboxylic acids is 2. The molecule has 0 spiro atoms. The third-order valence-corrected chi connectivity index (χ3v) is 6.12. The van der Waals surface area contributed by atoms with Gasteiger partial charge in [0.15, 0.2) is 18.1 Å². The van der Waals surface area contributed by atoms with Crippen molar-refractivity contribution < 1.29 is 28.5 Å². The highest BCUT2D eigenvalue weighted by Crippen LogP contribution is 2.33. The third kappa shape index (κ3) is 6.45. The Bertz CT molecular complexity index is 1450. The zero-order chi connectivity index (χ0) is 26.2. The van der Waals surface area contributed by atoms with Gasteiger partial charge >= 0.3 is 5.97 Å². The molecule has 0 aliphatic carbocycles. The highest BCUT2D eigenvalue weighted by molar-refractivity contribution is 9.10. The van der Waals surface area contributed by atoms with Gasteiger partial charge in [-0.15, -0.1) is 0 Å². The van der Waals surface area contributed by atoms with Gasteiger partial charge in [0.25, 0.3) is 5.91 Å². The first-order valence-corrected chi connectivity index (χ1v) is 11.9. The van der Waals surface area contributed by atoms with Crippen molar-refractivity contribution >= 4 is 44.8 Å². The van der Waals surface area contributed by atoms with Crippen LogP contribution in [0.3, 0.4) is 0 Å². The van der Waals surface area contributed by atoms with Crippen LogP contribution < -0.4 is 24.4 Å². The van der Waals surface area contributed by atoms with Crippen molar-refractivity contribution in [2.45, 2.75) is 0 Å². The molecule has 4 aromatic carbocycles. The summed E-state index contributed by atoms with van der Waals surface area (Å²) in [6.07, 6.45) is 1.45. The average Bonchev–Trinajstić information content (AvgIpc) is 2.93. The molecule has 0 bridgehead atoms. The van der Waals surface area contributed by atoms with E-state index >= 15 is 0 Å². The molecular formula is C28H23BrN2O6. The van der Waals surface area contributed by atoms with E-state index < -0.39 is 11.9 Å². The molecule has 0 fully saturated rings. The first kappa shape index (κ1) is 25.7. The van der Waals surface area contributed by atoms with Gasteiger partial charge in [0.1, 0.15) is 11.5 Å². The zero-order valence-electron chi connectivity index (χ0n) is 20.1. The topological polar surface area (TPSA) is 95.5 Å². The number of rotatable bonds is 9. The molecule has 1 amide bonds. The van der Waals surface area contributed by atoms with Crippen molar-refractivity contribution in [2.75, 3.05) is 20.8 Å². The van der Waals surface area contributed by atoms with Crippen LogP contribution in [0.2, 0.25) is 0 Å². The summed E-state index contributed by atoms with van der Waals surface area (Å²) < 4.78 is 22.3. The molecule has 188 valence electrons. The van der Waals surface area contributed by atoms with Gasteiger partial charge in [-0.05, 0) is 80.8 Å². The fourth-order valence-electron chi connectivity index (χ4n) is 3.41. The minimum atomic E-state index is -0.535. The summed E-state index contributed by atoms with van der Waals surface area (Å²) >= 11 is 3.53. The Morgan fingerprint density at radius 3 is 2.41 bits per heavy atom. The van der Waals surface area contributed by atoms with Gasteiger partial charge in [0.2, 0.25) is 0 Å². The fraction of sp³-hybridized carbons (Fsp3) is 0.107. The predicted molar refractivity (Wildman–Crippen MR) is 144 cm³/mol. The van der Waals surface area contributed by atoms with Crippen LogP contribution in [0.15, 0.2) is 88.4 Å². The fourth-order valence-corrected chi connectivity index (χ4v) is 4.02. The molecule has 0 heterocycles. The SMILES string of the molecule is COc1ccc(C(=O)Oc2ccc(C=NNC(=O)COc3ccc4ccccc4c3Br)cc2OC)cc1. The summed E-state index contributed by atoms with van der Waals surface area (Å²) in [5.41, 5.74) is 3.42. The number of hydrazone groups is 1. The zero-order valence-corrected chi connectivity index (χ0v) is 21.7. The highest BCUT2D eigenvalue weighted by Gasteiger charge is 2.13. The van der Waals surface area contributed by atoms with Crippen LogP contribution in [-0.4, -0.2) is 38.9 Å². The minimum Gasteiger partial charge on any atom is -0.497 e. The number of nitrogens with one attached hydrogen (secondary N) is 1. The molecule has 4 rings (SSSR count). The number of carbonyl (C=O) groups is 2. The van der Waals surface area contributed by atoms with Gasteiger partial charge in [-0.3, -0.25) is 4.79 Å². The van der Waals surface area contributed by atoms with E-state index in [0.29, 0.717) is 28.4 Å². The van der Waals surface area contributed by atoms with E-state index in [1.165, 1.54) is 13.3 Å². The van der Waals surface area contributed by atoms with Crippen molar-refractivity contribution in [3.63, 3.8) is 0 Å². The number of fused-ring (bicyclic) bond motifs is 1. The average molecular weight is 563 g/mol. The summed E-state index contributed by atoms with van der Waals surface area (Å²) in [5, 5.41) is 6.02. The van der Waals surface area contributed by atoms with Crippen molar-refractivity contribution in [1.82, 2.24) is 5.43 Å². The van der Waals surface area contributed by atoms with Crippen LogP contribution in [0.5, 0.6) is 23.0 Å². The van der Waals surface area contributed by atoms with Crippen molar-refractivity contribution in [3.8, 4) is 23.0 Å². The molecule has 0 atom stereocenters. The number of hydrogen-bond donors (Lipinski definition) is 1. The Labute approximate surface area is 221 Å². The summed E-state index contributed by atoms with van der Waals surface area (Å²) in [7, 11) is 3.01. The first-order chi connectivity index (χ1) is 18.0. The molecule has 9 heteroatoms. The Hall–Kier alpha value is -4.37. The minimum absolute atomic E-state index is 0.210. The van der Waals surface area contributed by atoms with Gasteiger partial charge in [-0.2, -0.15) is 5.10 Å². The predicted octanol–water partition coefficient (Wildman–Crippen LogP) is 5.37. The lowest BCUT2D eigenvalue weighted by Gasteiger charge is -2.10. The number of benzene rings is 4. The van der Waals surface area contributed by atoms with E-state index in [4.69, 9.17) is 18.9 Å². The molecule has 0 radical (unpaired) electrons. The van der Waals surface area contributed by atoms with E-state index in [1.54, 1.807) is 55.6 Å². The Morgan fingerprint density at radius 2 is 1.65 bits per heavy atom. The number of amides is 1. The number of methoxy groups -OCH3 is 2. The monoisotopic (exact) mass is 562 g/mol. The summed E-state index contributed by atoms with van der Waals surface area (Å²) in [4.78, 5) is 24.7. The second-order valence-electron chi connectivity index (χ2n) is 7.71. The van der Waals surface area contributed by atoms with E-state index in [1.807, 2.05) is 30.3 Å². The molecule has 8 nitrogen and oxygen atoms in total. The quantitative estimate of drug-likeness (QED) is 0.127. The number of ether oxygens (including phenoxy) is 4. The maximum atomic E-state index is 12.5. The maximum absolute atomic E-state index is 12.5. The second-order valence-corrected chi connectivity index (χ2v) is 8.50. The molecule has 0 unspecified atom stereocenters. The molecule has 0 aliphatic heterocycles. The van der Waals surface area contributed by atoms with Crippen molar-refractivity contribution in [2.24, 2.45) is 5.10 Å². The number of halogens is 1. The first-order valence-electron chi connectivity index (χ1n) is 11.1. The van der Waals surface area contributed by atoms with Gasteiger partial charge in [0.05, 0.1) is 30.5 Å². The van der Waals surface area contributed by atoms with Crippen LogP contribution in [0.4, 0.5) is 0 Å². The lowest BCUT2D eigenvalue weighted by Crippen LogP contribution is -2.24. The second kappa shape index (κ2) is 12.0. The lowest BCUT2D eigenvalue weighted by atomic mass is 10.1. The third-order valence-electron chi connectivity index (χ3n) is 5.31. The standard InChI is InChI=1S/C28H23BrN2O6/c1-34-21-11-8-20(9-12-21)28(33)37-23-13-7-18(15-25(23)35-2)16-30-31-26(32)17-36-24-14-10-19-5-3-4-6-22(19)27(24)29/h3-16H,17H2,1-2H3,(H,31,32). The molecule has 1 N–H and O–H groups in total. The molecule has 0 saturated heterocycles. The van der Waals surface area contributed by atoms with Crippen molar-refractivity contribution in [1.29, 1.82) is 0 Å².